The first-order valence-electron chi connectivity index (χ1n) is 8.06. The summed E-state index contributed by atoms with van der Waals surface area (Å²) >= 11 is 11.8. The topological polar surface area (TPSA) is 58.5 Å². The van der Waals surface area contributed by atoms with Crippen LogP contribution in [0.15, 0.2) is 88.9 Å². The molecule has 0 atom stereocenters. The Balaban J connectivity index is 1.93. The van der Waals surface area contributed by atoms with Crippen molar-refractivity contribution in [1.82, 2.24) is 0 Å². The van der Waals surface area contributed by atoms with Crippen LogP contribution in [-0.4, -0.2) is 19.9 Å². The van der Waals surface area contributed by atoms with E-state index in [-0.39, 0.29) is 10.6 Å². The number of halogens is 2. The summed E-state index contributed by atoms with van der Waals surface area (Å²) in [5.74, 6) is -0.251. The highest BCUT2D eigenvalue weighted by Gasteiger charge is 2.19. The first kappa shape index (κ1) is 19.4. The average molecular weight is 419 g/mol. The number of nitrogens with one attached hydrogen (secondary N) is 1. The van der Waals surface area contributed by atoms with Gasteiger partial charge in [-0.1, -0.05) is 53.5 Å². The molecular weight excluding hydrogens is 403 g/mol. The van der Waals surface area contributed by atoms with Crippen LogP contribution in [0.4, 0.5) is 5.69 Å². The third kappa shape index (κ3) is 5.32. The monoisotopic (exact) mass is 418 g/mol. The molecule has 0 aromatic heterocycles. The fraction of sp³-hybridized carbons (Fsp3) is 0.0500. The fourth-order valence-corrected chi connectivity index (χ4v) is 3.95. The number of rotatable bonds is 6. The van der Waals surface area contributed by atoms with Gasteiger partial charge in [-0.25, -0.2) is 8.42 Å². The predicted molar refractivity (Wildman–Crippen MR) is 112 cm³/mol. The van der Waals surface area contributed by atoms with Crippen molar-refractivity contribution in [3.05, 3.63) is 94.5 Å². The summed E-state index contributed by atoms with van der Waals surface area (Å²) in [4.78, 5) is 0.248. The molecule has 0 heterocycles. The average Bonchev–Trinajstić information content (AvgIpc) is 2.68. The molecule has 0 radical (unpaired) electrons. The van der Waals surface area contributed by atoms with Crippen molar-refractivity contribution in [2.45, 2.75) is 4.90 Å². The molecule has 0 aliphatic rings. The number of hydrazone groups is 1. The Morgan fingerprint density at radius 3 is 1.96 bits per heavy atom. The maximum Gasteiger partial charge on any atom is 0.184 e. The Labute approximate surface area is 168 Å². The molecular formula is C20H16Cl2N2O2S. The quantitative estimate of drug-likeness (QED) is 0.437. The van der Waals surface area contributed by atoms with Crippen LogP contribution in [0.3, 0.4) is 0 Å². The molecule has 0 aliphatic heterocycles. The highest BCUT2D eigenvalue weighted by molar-refractivity contribution is 7.92. The molecule has 4 nitrogen and oxygen atoms in total. The second-order valence-corrected chi connectivity index (χ2v) is 8.62. The van der Waals surface area contributed by atoms with Gasteiger partial charge in [0.2, 0.25) is 0 Å². The van der Waals surface area contributed by atoms with Crippen molar-refractivity contribution in [2.24, 2.45) is 5.10 Å². The summed E-state index contributed by atoms with van der Waals surface area (Å²) < 4.78 is 25.6. The SMILES string of the molecule is O=S(=O)(C/C(=N/Nc1ccc(Cl)cc1)c1ccc(Cl)cc1)c1ccccc1. The standard InChI is InChI=1S/C20H16Cl2N2O2S/c21-16-8-6-15(7-9-16)20(24-23-18-12-10-17(22)11-13-18)14-27(25,26)19-4-2-1-3-5-19/h1-13,23H,14H2/b24-20-. The lowest BCUT2D eigenvalue weighted by Crippen LogP contribution is -2.18. The molecule has 138 valence electrons. The normalized spacial score (nSPS) is 12.0. The molecule has 0 fully saturated rings. The van der Waals surface area contributed by atoms with E-state index in [2.05, 4.69) is 10.5 Å². The van der Waals surface area contributed by atoms with Crippen LogP contribution >= 0.6 is 23.2 Å². The van der Waals surface area contributed by atoms with Crippen LogP contribution in [0.5, 0.6) is 0 Å². The maximum atomic E-state index is 12.8. The Kier molecular flexibility index (Phi) is 6.16. The van der Waals surface area contributed by atoms with Crippen molar-refractivity contribution in [1.29, 1.82) is 0 Å². The summed E-state index contributed by atoms with van der Waals surface area (Å²) in [5.41, 5.74) is 4.64. The highest BCUT2D eigenvalue weighted by Crippen LogP contribution is 2.17. The summed E-state index contributed by atoms with van der Waals surface area (Å²) in [6.45, 7) is 0. The number of nitrogens with zero attached hydrogens (tertiary/aromatic N) is 1. The summed E-state index contributed by atoms with van der Waals surface area (Å²) in [7, 11) is -3.55. The van der Waals surface area contributed by atoms with E-state index in [1.807, 2.05) is 0 Å². The summed E-state index contributed by atoms with van der Waals surface area (Å²) in [6.07, 6.45) is 0. The van der Waals surface area contributed by atoms with Gasteiger partial charge < -0.3 is 0 Å². The van der Waals surface area contributed by atoms with Gasteiger partial charge in [0.15, 0.2) is 9.84 Å². The predicted octanol–water partition coefficient (Wildman–Crippen LogP) is 5.28. The zero-order valence-corrected chi connectivity index (χ0v) is 16.5. The third-order valence-electron chi connectivity index (χ3n) is 3.77. The van der Waals surface area contributed by atoms with E-state index >= 15 is 0 Å². The lowest BCUT2D eigenvalue weighted by atomic mass is 10.1. The molecule has 0 saturated carbocycles. The van der Waals surface area contributed by atoms with E-state index in [4.69, 9.17) is 23.2 Å². The van der Waals surface area contributed by atoms with Gasteiger partial charge in [-0.2, -0.15) is 5.10 Å². The Morgan fingerprint density at radius 2 is 1.37 bits per heavy atom. The number of hydrogen-bond donors (Lipinski definition) is 1. The van der Waals surface area contributed by atoms with E-state index in [0.29, 0.717) is 27.0 Å². The van der Waals surface area contributed by atoms with Crippen LogP contribution in [-0.2, 0) is 9.84 Å². The number of anilines is 1. The van der Waals surface area contributed by atoms with E-state index in [0.717, 1.165) is 0 Å². The van der Waals surface area contributed by atoms with Gasteiger partial charge in [-0.05, 0) is 54.1 Å². The third-order valence-corrected chi connectivity index (χ3v) is 5.92. The molecule has 3 aromatic carbocycles. The second kappa shape index (κ2) is 8.57. The lowest BCUT2D eigenvalue weighted by Gasteiger charge is -2.10. The Hall–Kier alpha value is -2.34. The van der Waals surface area contributed by atoms with Gasteiger partial charge in [0.05, 0.1) is 22.0 Å². The van der Waals surface area contributed by atoms with Crippen molar-refractivity contribution < 1.29 is 8.42 Å². The highest BCUT2D eigenvalue weighted by atomic mass is 35.5. The second-order valence-electron chi connectivity index (χ2n) is 5.76. The minimum absolute atomic E-state index is 0.248. The molecule has 7 heteroatoms. The van der Waals surface area contributed by atoms with Crippen molar-refractivity contribution in [2.75, 3.05) is 11.2 Å². The summed E-state index contributed by atoms with van der Waals surface area (Å²) in [5, 5.41) is 5.51. The van der Waals surface area contributed by atoms with Gasteiger partial charge in [-0.15, -0.1) is 0 Å². The smallest absolute Gasteiger partial charge is 0.184 e. The summed E-state index contributed by atoms with van der Waals surface area (Å²) in [6, 6.07) is 22.1. The molecule has 0 saturated heterocycles. The van der Waals surface area contributed by atoms with E-state index in [9.17, 15) is 8.42 Å². The van der Waals surface area contributed by atoms with Crippen molar-refractivity contribution >= 4 is 44.4 Å². The maximum absolute atomic E-state index is 12.8. The van der Waals surface area contributed by atoms with E-state index in [1.165, 1.54) is 0 Å². The van der Waals surface area contributed by atoms with Gasteiger partial charge >= 0.3 is 0 Å². The molecule has 0 aliphatic carbocycles. The lowest BCUT2D eigenvalue weighted by molar-refractivity contribution is 0.600. The minimum Gasteiger partial charge on any atom is -0.278 e. The Morgan fingerprint density at radius 1 is 0.815 bits per heavy atom. The van der Waals surface area contributed by atoms with Crippen LogP contribution in [0.1, 0.15) is 5.56 Å². The largest absolute Gasteiger partial charge is 0.278 e. The number of benzene rings is 3. The molecule has 0 unspecified atom stereocenters. The molecule has 27 heavy (non-hydrogen) atoms. The zero-order chi connectivity index (χ0) is 19.3. The zero-order valence-electron chi connectivity index (χ0n) is 14.1. The minimum atomic E-state index is -3.55. The van der Waals surface area contributed by atoms with Crippen LogP contribution < -0.4 is 5.43 Å². The molecule has 0 spiro atoms. The van der Waals surface area contributed by atoms with Crippen LogP contribution in [0.2, 0.25) is 10.0 Å². The molecule has 0 amide bonds. The van der Waals surface area contributed by atoms with Gasteiger partial charge in [0.25, 0.3) is 0 Å². The number of sulfone groups is 1. The number of hydrogen-bond acceptors (Lipinski definition) is 4. The molecule has 3 rings (SSSR count). The first-order valence-corrected chi connectivity index (χ1v) is 10.5. The van der Waals surface area contributed by atoms with Gasteiger partial charge in [0, 0.05) is 10.0 Å². The Bertz CT molecular complexity index is 1030. The van der Waals surface area contributed by atoms with Gasteiger partial charge in [-0.3, -0.25) is 5.43 Å². The molecule has 3 aromatic rings. The van der Waals surface area contributed by atoms with Crippen molar-refractivity contribution in [3.63, 3.8) is 0 Å². The van der Waals surface area contributed by atoms with Gasteiger partial charge in [0.1, 0.15) is 0 Å². The van der Waals surface area contributed by atoms with E-state index in [1.54, 1.807) is 78.9 Å². The van der Waals surface area contributed by atoms with Crippen molar-refractivity contribution in [3.8, 4) is 0 Å². The van der Waals surface area contributed by atoms with E-state index < -0.39 is 9.84 Å². The fourth-order valence-electron chi connectivity index (χ4n) is 2.37. The molecule has 1 N–H and O–H groups in total. The van der Waals surface area contributed by atoms with Crippen LogP contribution in [0.25, 0.3) is 0 Å². The first-order chi connectivity index (χ1) is 12.9. The van der Waals surface area contributed by atoms with Crippen LogP contribution in [0, 0.1) is 0 Å². The molecule has 0 bridgehead atoms.